The molecule has 0 aliphatic carbocycles. The Morgan fingerprint density at radius 1 is 1.22 bits per heavy atom. The molecule has 0 amide bonds. The standard InChI is InChI=1S/C14H23N3O/c1-3-14(4-2,17-7-5-6-8-17)13(18)12-9-15-11-16-10-12/h9-11,13,18H,3-8H2,1-2H3. The van der Waals surface area contributed by atoms with Gasteiger partial charge in [0.05, 0.1) is 5.54 Å². The van der Waals surface area contributed by atoms with E-state index >= 15 is 0 Å². The number of hydrogen-bond acceptors (Lipinski definition) is 4. The van der Waals surface area contributed by atoms with Crippen LogP contribution in [0, 0.1) is 0 Å². The van der Waals surface area contributed by atoms with Crippen LogP contribution in [0.1, 0.15) is 51.2 Å². The lowest BCUT2D eigenvalue weighted by molar-refractivity contribution is -0.0298. The second kappa shape index (κ2) is 5.76. The minimum absolute atomic E-state index is 0.165. The van der Waals surface area contributed by atoms with Crippen LogP contribution in [0.3, 0.4) is 0 Å². The van der Waals surface area contributed by atoms with Crippen LogP contribution in [0.2, 0.25) is 0 Å². The largest absolute Gasteiger partial charge is 0.386 e. The van der Waals surface area contributed by atoms with Gasteiger partial charge in [-0.15, -0.1) is 0 Å². The van der Waals surface area contributed by atoms with Gasteiger partial charge < -0.3 is 5.11 Å². The molecule has 100 valence electrons. The number of aromatic nitrogens is 2. The molecule has 2 heterocycles. The molecule has 0 aromatic carbocycles. The molecule has 1 aromatic rings. The monoisotopic (exact) mass is 249 g/mol. The van der Waals surface area contributed by atoms with E-state index in [1.54, 1.807) is 12.4 Å². The highest BCUT2D eigenvalue weighted by atomic mass is 16.3. The van der Waals surface area contributed by atoms with Gasteiger partial charge in [0.25, 0.3) is 0 Å². The number of rotatable bonds is 5. The van der Waals surface area contributed by atoms with Gasteiger partial charge in [0.1, 0.15) is 12.4 Å². The molecule has 1 aromatic heterocycles. The number of aliphatic hydroxyl groups is 1. The molecule has 0 radical (unpaired) electrons. The number of aliphatic hydroxyl groups excluding tert-OH is 1. The zero-order valence-corrected chi connectivity index (χ0v) is 11.3. The highest BCUT2D eigenvalue weighted by molar-refractivity contribution is 5.14. The van der Waals surface area contributed by atoms with Crippen molar-refractivity contribution in [3.05, 3.63) is 24.3 Å². The Morgan fingerprint density at radius 2 is 1.78 bits per heavy atom. The van der Waals surface area contributed by atoms with E-state index in [0.717, 1.165) is 31.5 Å². The van der Waals surface area contributed by atoms with Crippen molar-refractivity contribution >= 4 is 0 Å². The highest BCUT2D eigenvalue weighted by Crippen LogP contribution is 2.38. The van der Waals surface area contributed by atoms with Crippen LogP contribution in [0.15, 0.2) is 18.7 Å². The second-order valence-corrected chi connectivity index (χ2v) is 5.08. The summed E-state index contributed by atoms with van der Waals surface area (Å²) in [6.07, 6.45) is 8.82. The Bertz CT molecular complexity index is 359. The minimum atomic E-state index is -0.508. The van der Waals surface area contributed by atoms with Crippen molar-refractivity contribution in [1.82, 2.24) is 14.9 Å². The topological polar surface area (TPSA) is 49.3 Å². The fourth-order valence-corrected chi connectivity index (χ4v) is 3.18. The van der Waals surface area contributed by atoms with E-state index in [-0.39, 0.29) is 5.54 Å². The first-order chi connectivity index (χ1) is 8.74. The molecule has 4 nitrogen and oxygen atoms in total. The van der Waals surface area contributed by atoms with E-state index in [4.69, 9.17) is 0 Å². The van der Waals surface area contributed by atoms with Gasteiger partial charge in [-0.05, 0) is 38.8 Å². The molecule has 0 bridgehead atoms. The molecule has 2 rings (SSSR count). The average Bonchev–Trinajstić information content (AvgIpc) is 2.96. The molecule has 18 heavy (non-hydrogen) atoms. The lowest BCUT2D eigenvalue weighted by Crippen LogP contribution is -2.51. The molecule has 1 unspecified atom stereocenters. The van der Waals surface area contributed by atoms with Crippen LogP contribution >= 0.6 is 0 Å². The van der Waals surface area contributed by atoms with Crippen molar-refractivity contribution in [3.8, 4) is 0 Å². The van der Waals surface area contributed by atoms with Gasteiger partial charge in [-0.3, -0.25) is 4.90 Å². The zero-order chi connectivity index (χ0) is 13.0. The van der Waals surface area contributed by atoms with Gasteiger partial charge in [-0.25, -0.2) is 9.97 Å². The maximum atomic E-state index is 10.8. The Balaban J connectivity index is 2.28. The first-order valence-electron chi connectivity index (χ1n) is 6.92. The van der Waals surface area contributed by atoms with Crippen molar-refractivity contribution in [2.45, 2.75) is 51.2 Å². The van der Waals surface area contributed by atoms with Gasteiger partial charge in [0.15, 0.2) is 0 Å². The van der Waals surface area contributed by atoms with Crippen molar-refractivity contribution in [2.75, 3.05) is 13.1 Å². The molecule has 0 spiro atoms. The molecule has 1 saturated heterocycles. The molecule has 1 atom stereocenters. The van der Waals surface area contributed by atoms with Crippen molar-refractivity contribution < 1.29 is 5.11 Å². The summed E-state index contributed by atoms with van der Waals surface area (Å²) in [6, 6.07) is 0. The van der Waals surface area contributed by atoms with E-state index in [1.807, 2.05) is 0 Å². The number of nitrogens with zero attached hydrogens (tertiary/aromatic N) is 3. The molecule has 1 fully saturated rings. The van der Waals surface area contributed by atoms with Crippen molar-refractivity contribution in [2.24, 2.45) is 0 Å². The Morgan fingerprint density at radius 3 is 2.28 bits per heavy atom. The van der Waals surface area contributed by atoms with Crippen molar-refractivity contribution in [3.63, 3.8) is 0 Å². The van der Waals surface area contributed by atoms with E-state index < -0.39 is 6.10 Å². The van der Waals surface area contributed by atoms with E-state index in [0.29, 0.717) is 0 Å². The SMILES string of the molecule is CCC(CC)(C(O)c1cncnc1)N1CCCC1. The Labute approximate surface area is 109 Å². The lowest BCUT2D eigenvalue weighted by Gasteiger charge is -2.44. The predicted molar refractivity (Wildman–Crippen MR) is 71.1 cm³/mol. The smallest absolute Gasteiger partial charge is 0.115 e. The Hall–Kier alpha value is -1.00. The molecular weight excluding hydrogens is 226 g/mol. The van der Waals surface area contributed by atoms with Crippen LogP contribution < -0.4 is 0 Å². The van der Waals surface area contributed by atoms with Gasteiger partial charge >= 0.3 is 0 Å². The van der Waals surface area contributed by atoms with Crippen molar-refractivity contribution in [1.29, 1.82) is 0 Å². The normalized spacial score (nSPS) is 19.1. The van der Waals surface area contributed by atoms with Crippen LogP contribution in [0.5, 0.6) is 0 Å². The van der Waals surface area contributed by atoms with E-state index in [9.17, 15) is 5.11 Å². The van der Waals surface area contributed by atoms with Gasteiger partial charge in [0, 0.05) is 18.0 Å². The minimum Gasteiger partial charge on any atom is -0.386 e. The molecule has 4 heteroatoms. The van der Waals surface area contributed by atoms with E-state index in [2.05, 4.69) is 28.7 Å². The van der Waals surface area contributed by atoms with Crippen LogP contribution in [0.4, 0.5) is 0 Å². The molecular formula is C14H23N3O. The predicted octanol–water partition coefficient (Wildman–Crippen LogP) is 2.16. The molecule has 1 N–H and O–H groups in total. The van der Waals surface area contributed by atoms with Gasteiger partial charge in [-0.2, -0.15) is 0 Å². The summed E-state index contributed by atoms with van der Waals surface area (Å²) < 4.78 is 0. The maximum absolute atomic E-state index is 10.8. The third-order valence-corrected chi connectivity index (χ3v) is 4.37. The van der Waals surface area contributed by atoms with Gasteiger partial charge in [-0.1, -0.05) is 13.8 Å². The van der Waals surface area contributed by atoms with Crippen LogP contribution in [0.25, 0.3) is 0 Å². The lowest BCUT2D eigenvalue weighted by atomic mass is 9.82. The highest BCUT2D eigenvalue weighted by Gasteiger charge is 2.42. The third kappa shape index (κ3) is 2.27. The number of likely N-dealkylation sites (tertiary alicyclic amines) is 1. The Kier molecular flexibility index (Phi) is 4.30. The summed E-state index contributed by atoms with van der Waals surface area (Å²) >= 11 is 0. The maximum Gasteiger partial charge on any atom is 0.115 e. The first kappa shape index (κ1) is 13.4. The summed E-state index contributed by atoms with van der Waals surface area (Å²) in [4.78, 5) is 10.5. The molecule has 1 aliphatic heterocycles. The fourth-order valence-electron chi connectivity index (χ4n) is 3.18. The van der Waals surface area contributed by atoms with Crippen LogP contribution in [-0.2, 0) is 0 Å². The fraction of sp³-hybridized carbons (Fsp3) is 0.714. The summed E-state index contributed by atoms with van der Waals surface area (Å²) in [6.45, 7) is 6.50. The summed E-state index contributed by atoms with van der Waals surface area (Å²) in [5, 5.41) is 10.8. The van der Waals surface area contributed by atoms with Crippen LogP contribution in [-0.4, -0.2) is 38.6 Å². The number of hydrogen-bond donors (Lipinski definition) is 1. The third-order valence-electron chi connectivity index (χ3n) is 4.37. The van der Waals surface area contributed by atoms with E-state index in [1.165, 1.54) is 19.2 Å². The quantitative estimate of drug-likeness (QED) is 0.869. The average molecular weight is 249 g/mol. The summed E-state index contributed by atoms with van der Waals surface area (Å²) in [5.74, 6) is 0. The molecule has 1 aliphatic rings. The summed E-state index contributed by atoms with van der Waals surface area (Å²) in [7, 11) is 0. The second-order valence-electron chi connectivity index (χ2n) is 5.08. The summed E-state index contributed by atoms with van der Waals surface area (Å²) in [5.41, 5.74) is 0.661. The van der Waals surface area contributed by atoms with Gasteiger partial charge in [0.2, 0.25) is 0 Å². The zero-order valence-electron chi connectivity index (χ0n) is 11.3. The molecule has 0 saturated carbocycles. The first-order valence-corrected chi connectivity index (χ1v) is 6.92.